The highest BCUT2D eigenvalue weighted by atomic mass is 16.5. The molecule has 172 valence electrons. The molecule has 0 bridgehead atoms. The van der Waals surface area contributed by atoms with E-state index in [1.807, 2.05) is 61.8 Å². The first-order valence-electron chi connectivity index (χ1n) is 10.9. The second-order valence-electron chi connectivity index (χ2n) is 8.14. The maximum Gasteiger partial charge on any atom is 0.220 e. The van der Waals surface area contributed by atoms with Gasteiger partial charge in [0.25, 0.3) is 0 Å². The number of pyridine rings is 1. The lowest BCUT2D eigenvalue weighted by Crippen LogP contribution is -2.28. The molecule has 1 atom stereocenters. The molecule has 0 amide bonds. The van der Waals surface area contributed by atoms with Crippen LogP contribution < -0.4 is 5.73 Å². The quantitative estimate of drug-likeness (QED) is 0.343. The molecule has 4 N–H and O–H groups in total. The van der Waals surface area contributed by atoms with Gasteiger partial charge in [-0.1, -0.05) is 30.3 Å². The van der Waals surface area contributed by atoms with Gasteiger partial charge in [0, 0.05) is 47.8 Å². The molecule has 34 heavy (non-hydrogen) atoms. The number of benzene rings is 1. The average molecular weight is 456 g/mol. The number of nitrogens with one attached hydrogen (secondary N) is 1. The summed E-state index contributed by atoms with van der Waals surface area (Å²) >= 11 is 0. The van der Waals surface area contributed by atoms with E-state index in [2.05, 4.69) is 25.0 Å². The predicted molar refractivity (Wildman–Crippen MR) is 130 cm³/mol. The van der Waals surface area contributed by atoms with Gasteiger partial charge < -0.3 is 20.6 Å². The van der Waals surface area contributed by atoms with Crippen LogP contribution in [0.25, 0.3) is 33.4 Å². The van der Waals surface area contributed by atoms with E-state index in [4.69, 9.17) is 15.6 Å². The highest BCUT2D eigenvalue weighted by Gasteiger charge is 2.31. The van der Waals surface area contributed by atoms with Crippen LogP contribution >= 0.6 is 0 Å². The Balaban J connectivity index is 1.60. The van der Waals surface area contributed by atoms with E-state index in [-0.39, 0.29) is 12.6 Å². The minimum atomic E-state index is -0.802. The van der Waals surface area contributed by atoms with Crippen LogP contribution in [0.3, 0.4) is 0 Å². The zero-order chi connectivity index (χ0) is 23.7. The lowest BCUT2D eigenvalue weighted by molar-refractivity contribution is 0.0354. The number of aromatic nitrogens is 6. The van der Waals surface area contributed by atoms with Gasteiger partial charge in [0.2, 0.25) is 5.95 Å². The number of methoxy groups -OCH3 is 1. The third-order valence-electron chi connectivity index (χ3n) is 6.07. The van der Waals surface area contributed by atoms with Crippen molar-refractivity contribution in [1.29, 1.82) is 0 Å². The van der Waals surface area contributed by atoms with Crippen LogP contribution in [0.2, 0.25) is 0 Å². The zero-order valence-electron chi connectivity index (χ0n) is 18.9. The fourth-order valence-corrected chi connectivity index (χ4v) is 4.09. The van der Waals surface area contributed by atoms with Gasteiger partial charge in [-0.3, -0.25) is 4.68 Å². The summed E-state index contributed by atoms with van der Waals surface area (Å²) in [6.07, 6.45) is 7.31. The zero-order valence-corrected chi connectivity index (χ0v) is 18.9. The topological polar surface area (TPSA) is 128 Å². The Morgan fingerprint density at radius 2 is 1.94 bits per heavy atom. The van der Waals surface area contributed by atoms with Gasteiger partial charge >= 0.3 is 0 Å². The molecule has 9 nitrogen and oxygen atoms in total. The first kappa shape index (κ1) is 21.7. The third-order valence-corrected chi connectivity index (χ3v) is 6.07. The normalized spacial score (nSPS) is 13.3. The molecule has 0 radical (unpaired) electrons. The van der Waals surface area contributed by atoms with Gasteiger partial charge in [-0.15, -0.1) is 0 Å². The van der Waals surface area contributed by atoms with Gasteiger partial charge in [-0.2, -0.15) is 5.10 Å². The van der Waals surface area contributed by atoms with E-state index in [1.165, 1.54) is 0 Å². The third kappa shape index (κ3) is 3.81. The molecule has 1 aromatic carbocycles. The highest BCUT2D eigenvalue weighted by Crippen LogP contribution is 2.35. The number of nitrogens with zero attached hydrogens (tertiary/aromatic N) is 5. The van der Waals surface area contributed by atoms with Crippen molar-refractivity contribution in [3.8, 4) is 22.4 Å². The molecular formula is C25H25N7O2. The molecule has 0 unspecified atom stereocenters. The van der Waals surface area contributed by atoms with Gasteiger partial charge in [0.15, 0.2) is 0 Å². The first-order valence-corrected chi connectivity index (χ1v) is 10.9. The summed E-state index contributed by atoms with van der Waals surface area (Å²) in [5.74, 6) is 0.162. The van der Waals surface area contributed by atoms with Crippen molar-refractivity contribution in [1.82, 2.24) is 29.7 Å². The van der Waals surface area contributed by atoms with E-state index >= 15 is 0 Å². The number of aliphatic hydroxyl groups is 1. The van der Waals surface area contributed by atoms with Crippen LogP contribution in [-0.4, -0.2) is 48.5 Å². The van der Waals surface area contributed by atoms with Crippen molar-refractivity contribution < 1.29 is 9.84 Å². The van der Waals surface area contributed by atoms with E-state index in [0.29, 0.717) is 17.9 Å². The number of rotatable bonds is 7. The molecule has 0 fully saturated rings. The fourth-order valence-electron chi connectivity index (χ4n) is 4.09. The summed E-state index contributed by atoms with van der Waals surface area (Å²) in [4.78, 5) is 16.8. The number of ether oxygens (including phenoxy) is 1. The van der Waals surface area contributed by atoms with Crippen molar-refractivity contribution in [2.45, 2.75) is 19.1 Å². The molecule has 4 aromatic heterocycles. The SMILES string of the molecule is CO[C@@](C)(c1ccccc1)c1cc(-c2c[nH]c3ncc(-c4cnn(CCO)c4)cc23)nc(N)n1. The van der Waals surface area contributed by atoms with Gasteiger partial charge in [0.1, 0.15) is 11.2 Å². The Labute approximate surface area is 196 Å². The Bertz CT molecular complexity index is 1440. The summed E-state index contributed by atoms with van der Waals surface area (Å²) < 4.78 is 7.63. The number of H-pyrrole nitrogens is 1. The monoisotopic (exact) mass is 455 g/mol. The number of nitrogen functional groups attached to an aromatic ring is 1. The van der Waals surface area contributed by atoms with Crippen LogP contribution in [0.1, 0.15) is 18.2 Å². The second-order valence-corrected chi connectivity index (χ2v) is 8.14. The molecule has 0 saturated heterocycles. The van der Waals surface area contributed by atoms with Crippen LogP contribution in [0.4, 0.5) is 5.95 Å². The summed E-state index contributed by atoms with van der Waals surface area (Å²) in [5.41, 5.74) is 11.1. The van der Waals surface area contributed by atoms with Crippen LogP contribution in [0, 0.1) is 0 Å². The van der Waals surface area contributed by atoms with Crippen LogP contribution in [-0.2, 0) is 16.9 Å². The van der Waals surface area contributed by atoms with E-state index in [9.17, 15) is 0 Å². The van der Waals surface area contributed by atoms with Crippen molar-refractivity contribution in [3.63, 3.8) is 0 Å². The Kier molecular flexibility index (Phi) is 5.56. The fraction of sp³-hybridized carbons (Fsp3) is 0.200. The number of aromatic amines is 1. The van der Waals surface area contributed by atoms with Crippen molar-refractivity contribution in [2.75, 3.05) is 19.5 Å². The molecule has 9 heteroatoms. The van der Waals surface area contributed by atoms with E-state index in [1.54, 1.807) is 24.2 Å². The van der Waals surface area contributed by atoms with Crippen LogP contribution in [0.15, 0.2) is 67.3 Å². The molecule has 5 rings (SSSR count). The number of hydrogen-bond acceptors (Lipinski definition) is 7. The minimum Gasteiger partial charge on any atom is -0.394 e. The maximum atomic E-state index is 9.16. The Hall–Kier alpha value is -4.08. The number of fused-ring (bicyclic) bond motifs is 1. The van der Waals surface area contributed by atoms with Crippen molar-refractivity contribution >= 4 is 17.0 Å². The lowest BCUT2D eigenvalue weighted by atomic mass is 9.91. The molecule has 0 spiro atoms. The average Bonchev–Trinajstić information content (AvgIpc) is 3.51. The van der Waals surface area contributed by atoms with E-state index in [0.717, 1.165) is 33.3 Å². The summed E-state index contributed by atoms with van der Waals surface area (Å²) in [5, 5.41) is 14.3. The number of aliphatic hydroxyl groups excluding tert-OH is 1. The number of anilines is 1. The molecule has 4 heterocycles. The van der Waals surface area contributed by atoms with Crippen LogP contribution in [0.5, 0.6) is 0 Å². The second kappa shape index (κ2) is 8.69. The lowest BCUT2D eigenvalue weighted by Gasteiger charge is -2.28. The first-order chi connectivity index (χ1) is 16.5. The minimum absolute atomic E-state index is 0.0290. The maximum absolute atomic E-state index is 9.16. The molecule has 0 aliphatic rings. The summed E-state index contributed by atoms with van der Waals surface area (Å²) in [6.45, 7) is 2.43. The summed E-state index contributed by atoms with van der Waals surface area (Å²) in [7, 11) is 1.66. The van der Waals surface area contributed by atoms with Gasteiger partial charge in [-0.25, -0.2) is 15.0 Å². The highest BCUT2D eigenvalue weighted by molar-refractivity contribution is 5.95. The number of hydrogen-bond donors (Lipinski definition) is 3. The largest absolute Gasteiger partial charge is 0.394 e. The van der Waals surface area contributed by atoms with Crippen molar-refractivity contribution in [2.24, 2.45) is 0 Å². The molecule has 0 aliphatic carbocycles. The predicted octanol–water partition coefficient (Wildman–Crippen LogP) is 3.37. The molecular weight excluding hydrogens is 430 g/mol. The Morgan fingerprint density at radius 1 is 1.12 bits per heavy atom. The summed E-state index contributed by atoms with van der Waals surface area (Å²) in [6, 6.07) is 13.8. The van der Waals surface area contributed by atoms with Gasteiger partial charge in [0.05, 0.1) is 30.7 Å². The number of nitrogens with two attached hydrogens (primary N) is 1. The van der Waals surface area contributed by atoms with Gasteiger partial charge in [-0.05, 0) is 24.6 Å². The standard InChI is InChI=1S/C25H25N7O2/c1-25(34-2,18-6-4-3-5-7-18)22-11-21(30-24(26)31-22)20-14-28-23-19(20)10-16(12-27-23)17-13-29-32(15-17)8-9-33/h3-7,10-15,33H,8-9H2,1-2H3,(H,27,28)(H2,26,30,31)/t25-/m0/s1. The molecule has 5 aromatic rings. The Morgan fingerprint density at radius 3 is 2.71 bits per heavy atom. The smallest absolute Gasteiger partial charge is 0.220 e. The van der Waals surface area contributed by atoms with E-state index < -0.39 is 5.60 Å². The van der Waals surface area contributed by atoms with Crippen molar-refractivity contribution in [3.05, 3.63) is 78.5 Å². The molecule has 0 saturated carbocycles. The molecule has 0 aliphatic heterocycles.